The van der Waals surface area contributed by atoms with E-state index in [0.29, 0.717) is 24.2 Å². The molecule has 2 aliphatic rings. The molecule has 0 aliphatic heterocycles. The van der Waals surface area contributed by atoms with Crippen molar-refractivity contribution in [3.05, 3.63) is 0 Å². The second-order valence-corrected chi connectivity index (χ2v) is 6.59. The number of rotatable bonds is 4. The van der Waals surface area contributed by atoms with Crippen LogP contribution >= 0.6 is 0 Å². The zero-order valence-electron chi connectivity index (χ0n) is 12.0. The van der Waals surface area contributed by atoms with Gasteiger partial charge in [-0.3, -0.25) is 9.59 Å². The van der Waals surface area contributed by atoms with Crippen molar-refractivity contribution in [2.45, 2.75) is 52.6 Å². The zero-order valence-corrected chi connectivity index (χ0v) is 12.0. The normalized spacial score (nSPS) is 38.0. The van der Waals surface area contributed by atoms with E-state index in [0.717, 1.165) is 12.8 Å². The van der Waals surface area contributed by atoms with E-state index in [4.69, 9.17) is 9.84 Å². The first-order valence-electron chi connectivity index (χ1n) is 7.33. The molecule has 0 radical (unpaired) electrons. The summed E-state index contributed by atoms with van der Waals surface area (Å²) in [5, 5.41) is 8.85. The molecule has 0 saturated heterocycles. The maximum atomic E-state index is 12.0. The zero-order chi connectivity index (χ0) is 14.2. The second kappa shape index (κ2) is 5.51. The first-order chi connectivity index (χ1) is 8.90. The van der Waals surface area contributed by atoms with Crippen LogP contribution in [0.25, 0.3) is 0 Å². The molecule has 0 unspecified atom stereocenters. The van der Waals surface area contributed by atoms with Crippen LogP contribution in [0.3, 0.4) is 0 Å². The van der Waals surface area contributed by atoms with Gasteiger partial charge >= 0.3 is 11.9 Å². The van der Waals surface area contributed by atoms with Crippen molar-refractivity contribution in [3.8, 4) is 0 Å². The van der Waals surface area contributed by atoms with E-state index in [2.05, 4.69) is 20.8 Å². The van der Waals surface area contributed by atoms with Crippen molar-refractivity contribution in [3.63, 3.8) is 0 Å². The quantitative estimate of drug-likeness (QED) is 0.796. The minimum Gasteiger partial charge on any atom is -0.481 e. The summed E-state index contributed by atoms with van der Waals surface area (Å²) in [6.45, 7) is 6.52. The van der Waals surface area contributed by atoms with Crippen molar-refractivity contribution >= 4 is 11.9 Å². The Kier molecular flexibility index (Phi) is 4.16. The van der Waals surface area contributed by atoms with Crippen molar-refractivity contribution in [1.29, 1.82) is 0 Å². The fraction of sp³-hybridized carbons (Fsp3) is 0.867. The van der Waals surface area contributed by atoms with Crippen LogP contribution in [0, 0.1) is 29.6 Å². The van der Waals surface area contributed by atoms with Gasteiger partial charge in [-0.15, -0.1) is 0 Å². The van der Waals surface area contributed by atoms with E-state index >= 15 is 0 Å². The maximum absolute atomic E-state index is 12.0. The van der Waals surface area contributed by atoms with Gasteiger partial charge < -0.3 is 9.84 Å². The Hall–Kier alpha value is -1.06. The molecule has 2 rings (SSSR count). The number of ether oxygens (including phenoxy) is 1. The highest BCUT2D eigenvalue weighted by molar-refractivity contribution is 5.86. The van der Waals surface area contributed by atoms with Crippen molar-refractivity contribution in [1.82, 2.24) is 0 Å². The van der Waals surface area contributed by atoms with Gasteiger partial charge in [-0.1, -0.05) is 27.2 Å². The highest BCUT2D eigenvalue weighted by Gasteiger charge is 2.50. The van der Waals surface area contributed by atoms with Gasteiger partial charge in [-0.05, 0) is 37.0 Å². The van der Waals surface area contributed by atoms with Gasteiger partial charge in [0, 0.05) is 0 Å². The fourth-order valence-electron chi connectivity index (χ4n) is 3.22. The molecule has 0 amide bonds. The molecule has 0 bridgehead atoms. The molecule has 5 atom stereocenters. The molecule has 108 valence electrons. The molecule has 19 heavy (non-hydrogen) atoms. The topological polar surface area (TPSA) is 63.6 Å². The average molecular weight is 268 g/mol. The molecule has 2 aliphatic carbocycles. The van der Waals surface area contributed by atoms with Crippen LogP contribution in [0.5, 0.6) is 0 Å². The summed E-state index contributed by atoms with van der Waals surface area (Å²) in [6.07, 6.45) is 3.63. The molecule has 0 spiro atoms. The number of esters is 1. The third-order valence-electron chi connectivity index (χ3n) is 4.64. The van der Waals surface area contributed by atoms with Crippen LogP contribution in [0.4, 0.5) is 0 Å². The fourth-order valence-corrected chi connectivity index (χ4v) is 3.22. The van der Waals surface area contributed by atoms with E-state index in [1.54, 1.807) is 0 Å². The number of carboxylic acid groups (broad SMARTS) is 1. The first-order valence-corrected chi connectivity index (χ1v) is 7.33. The lowest BCUT2D eigenvalue weighted by molar-refractivity contribution is -0.159. The third kappa shape index (κ3) is 3.28. The van der Waals surface area contributed by atoms with E-state index < -0.39 is 17.8 Å². The van der Waals surface area contributed by atoms with Crippen LogP contribution in [-0.2, 0) is 14.3 Å². The molecule has 4 nitrogen and oxygen atoms in total. The van der Waals surface area contributed by atoms with E-state index in [1.807, 2.05) is 0 Å². The first kappa shape index (κ1) is 14.4. The number of carboxylic acids is 1. The van der Waals surface area contributed by atoms with Gasteiger partial charge in [0.25, 0.3) is 0 Å². The van der Waals surface area contributed by atoms with Crippen LogP contribution < -0.4 is 0 Å². The average Bonchev–Trinajstić information content (AvgIpc) is 3.08. The Bertz CT molecular complexity index is 363. The van der Waals surface area contributed by atoms with Gasteiger partial charge in [0.1, 0.15) is 6.10 Å². The molecule has 2 fully saturated rings. The molecule has 0 heterocycles. The smallest absolute Gasteiger partial charge is 0.310 e. The van der Waals surface area contributed by atoms with E-state index in [-0.39, 0.29) is 12.1 Å². The van der Waals surface area contributed by atoms with Gasteiger partial charge in [0.05, 0.1) is 11.8 Å². The summed E-state index contributed by atoms with van der Waals surface area (Å²) < 4.78 is 5.64. The van der Waals surface area contributed by atoms with Gasteiger partial charge in [0.2, 0.25) is 0 Å². The van der Waals surface area contributed by atoms with Crippen LogP contribution in [0.2, 0.25) is 0 Å². The predicted octanol–water partition coefficient (Wildman–Crippen LogP) is 2.71. The summed E-state index contributed by atoms with van der Waals surface area (Å²) in [7, 11) is 0. The monoisotopic (exact) mass is 268 g/mol. The molecule has 4 heteroatoms. The Morgan fingerprint density at radius 3 is 2.37 bits per heavy atom. The van der Waals surface area contributed by atoms with Crippen molar-refractivity contribution < 1.29 is 19.4 Å². The Balaban J connectivity index is 1.92. The number of aliphatic carboxylic acids is 1. The van der Waals surface area contributed by atoms with Crippen LogP contribution in [0.1, 0.15) is 46.5 Å². The Labute approximate surface area is 114 Å². The van der Waals surface area contributed by atoms with E-state index in [9.17, 15) is 9.59 Å². The SMILES string of the molecule is CC(C)[C@@H]1CC[C@@H](C)C[C@H]1OC(=O)[C@@H]1C[C@H]1C(=O)O. The Morgan fingerprint density at radius 1 is 1.16 bits per heavy atom. The summed E-state index contributed by atoms with van der Waals surface area (Å²) in [5.74, 6) is -0.575. The predicted molar refractivity (Wildman–Crippen MR) is 70.5 cm³/mol. The largest absolute Gasteiger partial charge is 0.481 e. The molecule has 2 saturated carbocycles. The Morgan fingerprint density at radius 2 is 1.84 bits per heavy atom. The third-order valence-corrected chi connectivity index (χ3v) is 4.64. The minimum atomic E-state index is -0.876. The van der Waals surface area contributed by atoms with Crippen LogP contribution in [0.15, 0.2) is 0 Å². The molecule has 0 aromatic carbocycles. The molecular formula is C15H24O4. The molecule has 0 aromatic heterocycles. The van der Waals surface area contributed by atoms with Gasteiger partial charge in [-0.2, -0.15) is 0 Å². The molecular weight excluding hydrogens is 244 g/mol. The number of hydrogen-bond donors (Lipinski definition) is 1. The summed E-state index contributed by atoms with van der Waals surface area (Å²) >= 11 is 0. The number of carbonyl (C=O) groups is 2. The maximum Gasteiger partial charge on any atom is 0.310 e. The summed E-state index contributed by atoms with van der Waals surface area (Å²) in [5.41, 5.74) is 0. The number of carbonyl (C=O) groups excluding carboxylic acids is 1. The highest BCUT2D eigenvalue weighted by atomic mass is 16.5. The summed E-state index contributed by atoms with van der Waals surface area (Å²) in [4.78, 5) is 22.8. The van der Waals surface area contributed by atoms with Crippen molar-refractivity contribution in [2.24, 2.45) is 29.6 Å². The summed E-state index contributed by atoms with van der Waals surface area (Å²) in [6, 6.07) is 0. The molecule has 1 N–H and O–H groups in total. The minimum absolute atomic E-state index is 0.0219. The lowest BCUT2D eigenvalue weighted by Crippen LogP contribution is -2.36. The standard InChI is InChI=1S/C15H24O4/c1-8(2)10-5-4-9(3)6-13(10)19-15(18)12-7-11(12)14(16)17/h8-13H,4-7H2,1-3H3,(H,16,17)/t9-,10+,11-,12-,13-/m1/s1. The van der Waals surface area contributed by atoms with Gasteiger partial charge in [-0.25, -0.2) is 0 Å². The van der Waals surface area contributed by atoms with Gasteiger partial charge in [0.15, 0.2) is 0 Å². The lowest BCUT2D eigenvalue weighted by atomic mass is 9.75. The highest BCUT2D eigenvalue weighted by Crippen LogP contribution is 2.42. The molecule has 0 aromatic rings. The van der Waals surface area contributed by atoms with E-state index in [1.165, 1.54) is 6.42 Å². The second-order valence-electron chi connectivity index (χ2n) is 6.59. The lowest BCUT2D eigenvalue weighted by Gasteiger charge is -2.36. The number of hydrogen-bond acceptors (Lipinski definition) is 3. The van der Waals surface area contributed by atoms with Crippen molar-refractivity contribution in [2.75, 3.05) is 0 Å². The van der Waals surface area contributed by atoms with Crippen LogP contribution in [-0.4, -0.2) is 23.1 Å².